The van der Waals surface area contributed by atoms with Crippen molar-refractivity contribution in [1.29, 1.82) is 0 Å². The SMILES string of the molecule is CCC[C@@H](NC(=O)OCC1c2ccccc2-c2ccccc21)C(=O)N1CCCC(C(=O)O)C1C. The molecule has 0 bridgehead atoms. The van der Waals surface area contributed by atoms with Gasteiger partial charge < -0.3 is 20.1 Å². The summed E-state index contributed by atoms with van der Waals surface area (Å²) in [4.78, 5) is 39.2. The van der Waals surface area contributed by atoms with Crippen molar-refractivity contribution in [3.05, 3.63) is 59.7 Å². The average molecular weight is 465 g/mol. The summed E-state index contributed by atoms with van der Waals surface area (Å²) in [6.45, 7) is 4.38. The van der Waals surface area contributed by atoms with E-state index in [1.54, 1.807) is 11.8 Å². The molecule has 1 saturated heterocycles. The van der Waals surface area contributed by atoms with Crippen LogP contribution in [-0.2, 0) is 14.3 Å². The predicted molar refractivity (Wildman–Crippen MR) is 128 cm³/mol. The van der Waals surface area contributed by atoms with Crippen LogP contribution in [0.5, 0.6) is 0 Å². The molecule has 2 aromatic rings. The fourth-order valence-corrected chi connectivity index (χ4v) is 5.31. The summed E-state index contributed by atoms with van der Waals surface area (Å²) in [5.74, 6) is -1.78. The lowest BCUT2D eigenvalue weighted by Gasteiger charge is -2.39. The minimum atomic E-state index is -0.887. The van der Waals surface area contributed by atoms with Gasteiger partial charge >= 0.3 is 12.1 Å². The van der Waals surface area contributed by atoms with Crippen LogP contribution in [0.25, 0.3) is 11.1 Å². The molecule has 1 aliphatic heterocycles. The van der Waals surface area contributed by atoms with Gasteiger partial charge in [-0.05, 0) is 48.4 Å². The highest BCUT2D eigenvalue weighted by Gasteiger charge is 2.38. The van der Waals surface area contributed by atoms with Crippen LogP contribution in [-0.4, -0.2) is 53.2 Å². The van der Waals surface area contributed by atoms with Crippen LogP contribution in [0.1, 0.15) is 56.6 Å². The summed E-state index contributed by atoms with van der Waals surface area (Å²) in [6, 6.07) is 15.1. The average Bonchev–Trinajstić information content (AvgIpc) is 3.16. The van der Waals surface area contributed by atoms with Crippen LogP contribution in [0.3, 0.4) is 0 Å². The minimum absolute atomic E-state index is 0.0584. The molecule has 2 aromatic carbocycles. The normalized spacial score (nSPS) is 20.2. The number of amides is 2. The number of carboxylic acids is 1. The number of carbonyl (C=O) groups excluding carboxylic acids is 2. The molecule has 2 amide bonds. The van der Waals surface area contributed by atoms with E-state index in [0.29, 0.717) is 32.2 Å². The molecule has 4 rings (SSSR count). The van der Waals surface area contributed by atoms with E-state index in [2.05, 4.69) is 29.6 Å². The van der Waals surface area contributed by atoms with E-state index in [4.69, 9.17) is 4.74 Å². The monoisotopic (exact) mass is 464 g/mol. The Morgan fingerprint density at radius 3 is 2.29 bits per heavy atom. The lowest BCUT2D eigenvalue weighted by atomic mass is 9.89. The molecular formula is C27H32N2O5. The molecule has 0 spiro atoms. The number of piperidine rings is 1. The zero-order valence-electron chi connectivity index (χ0n) is 19.7. The molecule has 0 aromatic heterocycles. The Hall–Kier alpha value is -3.35. The zero-order chi connectivity index (χ0) is 24.2. The summed E-state index contributed by atoms with van der Waals surface area (Å²) in [5, 5.41) is 12.2. The summed E-state index contributed by atoms with van der Waals surface area (Å²) in [7, 11) is 0. The lowest BCUT2D eigenvalue weighted by Crippen LogP contribution is -2.56. The number of carboxylic acid groups (broad SMARTS) is 1. The Labute approximate surface area is 200 Å². The molecule has 34 heavy (non-hydrogen) atoms. The number of hydrogen-bond donors (Lipinski definition) is 2. The highest BCUT2D eigenvalue weighted by molar-refractivity contribution is 5.87. The van der Waals surface area contributed by atoms with Crippen LogP contribution in [0.2, 0.25) is 0 Å². The topological polar surface area (TPSA) is 95.9 Å². The van der Waals surface area contributed by atoms with E-state index in [1.807, 2.05) is 31.2 Å². The number of nitrogens with zero attached hydrogens (tertiary/aromatic N) is 1. The van der Waals surface area contributed by atoms with Gasteiger partial charge in [0.15, 0.2) is 0 Å². The molecule has 1 heterocycles. The second-order valence-electron chi connectivity index (χ2n) is 9.17. The third-order valence-corrected chi connectivity index (χ3v) is 7.10. The number of aliphatic carboxylic acids is 1. The molecule has 2 aliphatic rings. The molecule has 3 atom stereocenters. The third-order valence-electron chi connectivity index (χ3n) is 7.10. The van der Waals surface area contributed by atoms with Gasteiger partial charge in [0.2, 0.25) is 5.91 Å². The van der Waals surface area contributed by atoms with Gasteiger partial charge in [-0.2, -0.15) is 0 Å². The molecule has 0 radical (unpaired) electrons. The maximum Gasteiger partial charge on any atom is 0.407 e. The molecule has 2 N–H and O–H groups in total. The lowest BCUT2D eigenvalue weighted by molar-refractivity contribution is -0.149. The van der Waals surface area contributed by atoms with Gasteiger partial charge in [-0.1, -0.05) is 61.9 Å². The van der Waals surface area contributed by atoms with Crippen molar-refractivity contribution < 1.29 is 24.2 Å². The van der Waals surface area contributed by atoms with Crippen LogP contribution < -0.4 is 5.32 Å². The van der Waals surface area contributed by atoms with E-state index in [9.17, 15) is 19.5 Å². The van der Waals surface area contributed by atoms with Gasteiger partial charge in [-0.15, -0.1) is 0 Å². The zero-order valence-corrected chi connectivity index (χ0v) is 19.7. The fraction of sp³-hybridized carbons (Fsp3) is 0.444. The molecule has 2 unspecified atom stereocenters. The number of likely N-dealkylation sites (tertiary alicyclic amines) is 1. The number of nitrogens with one attached hydrogen (secondary N) is 1. The van der Waals surface area contributed by atoms with Crippen molar-refractivity contribution in [1.82, 2.24) is 10.2 Å². The summed E-state index contributed by atoms with van der Waals surface area (Å²) >= 11 is 0. The van der Waals surface area contributed by atoms with E-state index in [0.717, 1.165) is 22.3 Å². The second-order valence-corrected chi connectivity index (χ2v) is 9.17. The Bertz CT molecular complexity index is 1020. The van der Waals surface area contributed by atoms with Crippen LogP contribution in [0, 0.1) is 5.92 Å². The number of alkyl carbamates (subject to hydrolysis) is 1. The fourth-order valence-electron chi connectivity index (χ4n) is 5.31. The van der Waals surface area contributed by atoms with Crippen molar-refractivity contribution in [2.75, 3.05) is 13.2 Å². The molecular weight excluding hydrogens is 432 g/mol. The minimum Gasteiger partial charge on any atom is -0.481 e. The maximum absolute atomic E-state index is 13.3. The van der Waals surface area contributed by atoms with Gasteiger partial charge in [0, 0.05) is 18.5 Å². The number of benzene rings is 2. The maximum atomic E-state index is 13.3. The molecule has 0 saturated carbocycles. The highest BCUT2D eigenvalue weighted by atomic mass is 16.5. The number of hydrogen-bond acceptors (Lipinski definition) is 4. The van der Waals surface area contributed by atoms with Gasteiger partial charge in [0.05, 0.1) is 5.92 Å². The van der Waals surface area contributed by atoms with E-state index in [-0.39, 0.29) is 18.4 Å². The van der Waals surface area contributed by atoms with Gasteiger partial charge in [-0.25, -0.2) is 4.79 Å². The van der Waals surface area contributed by atoms with Crippen molar-refractivity contribution >= 4 is 18.0 Å². The Balaban J connectivity index is 1.42. The number of carbonyl (C=O) groups is 3. The smallest absolute Gasteiger partial charge is 0.407 e. The molecule has 1 fully saturated rings. The van der Waals surface area contributed by atoms with Gasteiger partial charge in [0.1, 0.15) is 12.6 Å². The second kappa shape index (κ2) is 10.3. The van der Waals surface area contributed by atoms with Crippen molar-refractivity contribution in [2.45, 2.75) is 57.5 Å². The number of rotatable bonds is 7. The Kier molecular flexibility index (Phi) is 7.20. The quantitative estimate of drug-likeness (QED) is 0.633. The molecule has 7 heteroatoms. The molecule has 180 valence electrons. The standard InChI is InChI=1S/C27H32N2O5/c1-3-9-24(25(30)29-15-8-14-18(17(29)2)26(31)32)28-27(33)34-16-23-21-12-6-4-10-19(21)20-11-5-7-13-22(20)23/h4-7,10-13,17-18,23-24H,3,8-9,14-16H2,1-2H3,(H,28,33)(H,31,32)/t17?,18?,24-/m1/s1. The van der Waals surface area contributed by atoms with E-state index < -0.39 is 30.1 Å². The Morgan fingerprint density at radius 1 is 1.09 bits per heavy atom. The van der Waals surface area contributed by atoms with E-state index >= 15 is 0 Å². The van der Waals surface area contributed by atoms with Gasteiger partial charge in [-0.3, -0.25) is 9.59 Å². The Morgan fingerprint density at radius 2 is 1.71 bits per heavy atom. The highest BCUT2D eigenvalue weighted by Crippen LogP contribution is 2.44. The first-order valence-corrected chi connectivity index (χ1v) is 12.1. The largest absolute Gasteiger partial charge is 0.481 e. The molecule has 7 nitrogen and oxygen atoms in total. The first kappa shape index (κ1) is 23.8. The predicted octanol–water partition coefficient (Wildman–Crippen LogP) is 4.41. The molecule has 1 aliphatic carbocycles. The van der Waals surface area contributed by atoms with E-state index in [1.165, 1.54) is 0 Å². The van der Waals surface area contributed by atoms with Crippen molar-refractivity contribution in [2.24, 2.45) is 5.92 Å². The summed E-state index contributed by atoms with van der Waals surface area (Å²) in [5.41, 5.74) is 4.55. The van der Waals surface area contributed by atoms with Gasteiger partial charge in [0.25, 0.3) is 0 Å². The first-order valence-electron chi connectivity index (χ1n) is 12.1. The van der Waals surface area contributed by atoms with Crippen LogP contribution >= 0.6 is 0 Å². The van der Waals surface area contributed by atoms with Crippen molar-refractivity contribution in [3.8, 4) is 11.1 Å². The summed E-state index contributed by atoms with van der Waals surface area (Å²) < 4.78 is 5.63. The third kappa shape index (κ3) is 4.65. The van der Waals surface area contributed by atoms with Crippen LogP contribution in [0.15, 0.2) is 48.5 Å². The van der Waals surface area contributed by atoms with Crippen LogP contribution in [0.4, 0.5) is 4.79 Å². The number of ether oxygens (including phenoxy) is 1. The first-order chi connectivity index (χ1) is 16.4. The number of fused-ring (bicyclic) bond motifs is 3. The van der Waals surface area contributed by atoms with Crippen molar-refractivity contribution in [3.63, 3.8) is 0 Å². The summed E-state index contributed by atoms with van der Waals surface area (Å²) in [6.07, 6.45) is 1.72.